The Bertz CT molecular complexity index is 2050. The second kappa shape index (κ2) is 10.3. The number of hydrogen-bond acceptors (Lipinski definition) is 15. The van der Waals surface area contributed by atoms with E-state index in [0.717, 1.165) is 10.9 Å². The number of ether oxygens (including phenoxy) is 1. The molecule has 19 nitrogen and oxygen atoms in total. The SMILES string of the molecule is C[C@H]1[C@H](n2cnc3c(N)ncnc32)[C@H]2CC23COP(=O)(O)O[C@@H]2[C@H](F)[C@@H](COP(O)(=S)O[C@@H]13)O[C@H]2n1cnc2c(=O)[nH]c(N)nc21. The number of rotatable bonds is 2. The van der Waals surface area contributed by atoms with Crippen molar-refractivity contribution in [2.24, 2.45) is 17.3 Å². The van der Waals surface area contributed by atoms with Crippen molar-refractivity contribution in [3.8, 4) is 0 Å². The second-order valence-electron chi connectivity index (χ2n) is 11.9. The normalized spacial score (nSPS) is 41.0. The van der Waals surface area contributed by atoms with Crippen LogP contribution in [0.4, 0.5) is 16.2 Å². The lowest BCUT2D eigenvalue weighted by Crippen LogP contribution is -2.33. The standard InChI is InChI=1S/C23H27FN10O9P2S/c1-8-14(33-6-29-12-17(25)27-5-28-18(12)33)9-2-23(9)4-40-44(36,37)42-15-11(24)10(3-39-45(38,46)43-16(8)23)41-21(15)34-7-30-13-19(34)31-22(26)32-20(13)35/h5-11,14-16,21H,2-4H2,1H3,(H,36,37)(H,38,46)(H2,25,27,28)(H3,26,31,32,35)/t8-,9+,10+,11+,14-,15+,16-,21+,23?,45?/m0/s1. The fraction of sp³-hybridized carbons (Fsp3) is 0.565. The third kappa shape index (κ3) is 4.64. The number of phosphoric acid groups is 1. The lowest BCUT2D eigenvalue weighted by Gasteiger charge is -2.32. The van der Waals surface area contributed by atoms with E-state index in [1.54, 1.807) is 6.33 Å². The summed E-state index contributed by atoms with van der Waals surface area (Å²) in [6.45, 7) is -3.16. The molecule has 2 saturated carbocycles. The van der Waals surface area contributed by atoms with Gasteiger partial charge in [-0.05, 0) is 24.1 Å². The molecular weight excluding hydrogens is 673 g/mol. The van der Waals surface area contributed by atoms with Crippen molar-refractivity contribution < 1.29 is 41.6 Å². The highest BCUT2D eigenvalue weighted by Gasteiger charge is 2.72. The molecule has 11 atom stereocenters. The number of H-pyrrole nitrogens is 1. The highest BCUT2D eigenvalue weighted by molar-refractivity contribution is 8.07. The summed E-state index contributed by atoms with van der Waals surface area (Å²) in [5, 5.41) is 0. The number of aromatic nitrogens is 8. The molecule has 7 N–H and O–H groups in total. The zero-order chi connectivity index (χ0) is 32.3. The third-order valence-corrected chi connectivity index (χ3v) is 11.8. The molecule has 4 fully saturated rings. The molecule has 1 spiro atoms. The Morgan fingerprint density at radius 1 is 1.11 bits per heavy atom. The summed E-state index contributed by atoms with van der Waals surface area (Å²) >= 11 is 5.37. The average Bonchev–Trinajstić information content (AvgIpc) is 3.26. The Kier molecular flexibility index (Phi) is 6.78. The summed E-state index contributed by atoms with van der Waals surface area (Å²) in [5.41, 5.74) is 10.8. The Balaban J connectivity index is 1.14. The van der Waals surface area contributed by atoms with Crippen molar-refractivity contribution >= 4 is 60.4 Å². The first-order chi connectivity index (χ1) is 21.8. The van der Waals surface area contributed by atoms with E-state index in [2.05, 4.69) is 29.9 Å². The van der Waals surface area contributed by atoms with Gasteiger partial charge in [0.25, 0.3) is 5.56 Å². The molecule has 2 aliphatic heterocycles. The number of aromatic amines is 1. The number of alkyl halides is 1. The molecule has 2 aliphatic carbocycles. The zero-order valence-electron chi connectivity index (χ0n) is 23.7. The molecule has 246 valence electrons. The number of nitrogens with one attached hydrogen (secondary N) is 1. The molecule has 0 amide bonds. The van der Waals surface area contributed by atoms with Crippen molar-refractivity contribution in [2.45, 2.75) is 50.1 Å². The Labute approximate surface area is 262 Å². The maximum atomic E-state index is 15.9. The number of nitrogens with zero attached hydrogens (tertiary/aromatic N) is 7. The van der Waals surface area contributed by atoms with Gasteiger partial charge in [0.15, 0.2) is 35.0 Å². The molecule has 2 saturated heterocycles. The fourth-order valence-electron chi connectivity index (χ4n) is 7.21. The average molecular weight is 701 g/mol. The molecule has 8 rings (SSSR count). The Morgan fingerprint density at radius 2 is 1.87 bits per heavy atom. The van der Waals surface area contributed by atoms with E-state index in [1.807, 2.05) is 11.5 Å². The van der Waals surface area contributed by atoms with Crippen LogP contribution in [0.15, 0.2) is 23.8 Å². The van der Waals surface area contributed by atoms with Crippen LogP contribution in [0.2, 0.25) is 0 Å². The number of fused-ring (bicyclic) bond motifs is 4. The van der Waals surface area contributed by atoms with Gasteiger partial charge < -0.3 is 39.6 Å². The van der Waals surface area contributed by atoms with Crippen molar-refractivity contribution in [1.29, 1.82) is 0 Å². The quantitative estimate of drug-likeness (QED) is 0.180. The van der Waals surface area contributed by atoms with Gasteiger partial charge >= 0.3 is 14.5 Å². The van der Waals surface area contributed by atoms with Crippen LogP contribution in [0.1, 0.15) is 25.6 Å². The van der Waals surface area contributed by atoms with Gasteiger partial charge in [-0.3, -0.25) is 23.4 Å². The number of anilines is 2. The monoisotopic (exact) mass is 700 g/mol. The maximum absolute atomic E-state index is 15.9. The fourth-order valence-corrected chi connectivity index (χ4v) is 9.75. The van der Waals surface area contributed by atoms with E-state index in [4.69, 9.17) is 46.1 Å². The lowest BCUT2D eigenvalue weighted by molar-refractivity contribution is -0.0552. The van der Waals surface area contributed by atoms with Crippen LogP contribution < -0.4 is 17.0 Å². The summed E-state index contributed by atoms with van der Waals surface area (Å²) in [4.78, 5) is 57.5. The van der Waals surface area contributed by atoms with E-state index in [9.17, 15) is 19.1 Å². The van der Waals surface area contributed by atoms with Crippen LogP contribution in [-0.4, -0.2) is 86.5 Å². The van der Waals surface area contributed by atoms with Crippen LogP contribution in [0.5, 0.6) is 0 Å². The lowest BCUT2D eigenvalue weighted by atomic mass is 9.94. The van der Waals surface area contributed by atoms with Gasteiger partial charge in [-0.2, -0.15) is 4.98 Å². The van der Waals surface area contributed by atoms with Crippen LogP contribution in [0.3, 0.4) is 0 Å². The highest BCUT2D eigenvalue weighted by atomic mass is 32.5. The van der Waals surface area contributed by atoms with Gasteiger partial charge in [-0.25, -0.2) is 28.9 Å². The van der Waals surface area contributed by atoms with Gasteiger partial charge in [0.1, 0.15) is 24.1 Å². The molecule has 4 aromatic rings. The minimum Gasteiger partial charge on any atom is -0.382 e. The summed E-state index contributed by atoms with van der Waals surface area (Å²) < 4.78 is 60.9. The predicted octanol–water partition coefficient (Wildman–Crippen LogP) is 0.691. The van der Waals surface area contributed by atoms with Crippen LogP contribution in [0.25, 0.3) is 22.3 Å². The minimum atomic E-state index is -5.00. The molecule has 46 heavy (non-hydrogen) atoms. The summed E-state index contributed by atoms with van der Waals surface area (Å²) in [5.74, 6) is -0.605. The summed E-state index contributed by atoms with van der Waals surface area (Å²) in [6.07, 6.45) is -3.14. The van der Waals surface area contributed by atoms with E-state index in [1.165, 1.54) is 6.33 Å². The number of halogens is 1. The maximum Gasteiger partial charge on any atom is 0.472 e. The van der Waals surface area contributed by atoms with Crippen LogP contribution in [-0.2, 0) is 39.2 Å². The van der Waals surface area contributed by atoms with E-state index >= 15 is 4.39 Å². The molecule has 4 aromatic heterocycles. The largest absolute Gasteiger partial charge is 0.472 e. The minimum absolute atomic E-state index is 0.0911. The van der Waals surface area contributed by atoms with E-state index in [-0.39, 0.29) is 47.4 Å². The molecule has 0 aromatic carbocycles. The van der Waals surface area contributed by atoms with Crippen molar-refractivity contribution in [2.75, 3.05) is 24.7 Å². The molecular formula is C23H27FN10O9P2S. The molecule has 2 bridgehead atoms. The summed E-state index contributed by atoms with van der Waals surface area (Å²) in [7, 11) is -5.00. The van der Waals surface area contributed by atoms with Gasteiger partial charge in [0.2, 0.25) is 5.95 Å². The van der Waals surface area contributed by atoms with Gasteiger partial charge in [-0.1, -0.05) is 6.92 Å². The first-order valence-corrected chi connectivity index (χ1v) is 18.1. The summed E-state index contributed by atoms with van der Waals surface area (Å²) in [6, 6.07) is -0.313. The molecule has 3 unspecified atom stereocenters. The van der Waals surface area contributed by atoms with Gasteiger partial charge in [0.05, 0.1) is 32.0 Å². The Morgan fingerprint density at radius 3 is 2.67 bits per heavy atom. The topological polar surface area (TPSA) is 263 Å². The van der Waals surface area contributed by atoms with E-state index < -0.39 is 62.8 Å². The Hall–Kier alpha value is -2.97. The smallest absolute Gasteiger partial charge is 0.382 e. The molecule has 4 aliphatic rings. The molecule has 0 radical (unpaired) electrons. The first kappa shape index (κ1) is 30.4. The van der Waals surface area contributed by atoms with Crippen LogP contribution >= 0.6 is 14.5 Å². The second-order valence-corrected chi connectivity index (χ2v) is 16.1. The number of phosphoric ester groups is 1. The molecule has 6 heterocycles. The first-order valence-electron chi connectivity index (χ1n) is 14.0. The molecule has 23 heteroatoms. The van der Waals surface area contributed by atoms with Crippen molar-refractivity contribution in [3.63, 3.8) is 0 Å². The number of nitrogens with two attached hydrogens (primary N) is 2. The highest BCUT2D eigenvalue weighted by Crippen LogP contribution is 2.73. The van der Waals surface area contributed by atoms with Gasteiger partial charge in [-0.15, -0.1) is 0 Å². The van der Waals surface area contributed by atoms with Gasteiger partial charge in [0, 0.05) is 17.4 Å². The van der Waals surface area contributed by atoms with Crippen molar-refractivity contribution in [3.05, 3.63) is 29.3 Å². The number of hydrogen-bond donors (Lipinski definition) is 5. The number of nitrogen functional groups attached to an aromatic ring is 2. The van der Waals surface area contributed by atoms with Crippen LogP contribution in [0, 0.1) is 17.3 Å². The predicted molar refractivity (Wildman–Crippen MR) is 158 cm³/mol. The van der Waals surface area contributed by atoms with Crippen molar-refractivity contribution in [1.82, 2.24) is 39.0 Å². The number of imidazole rings is 2. The van der Waals surface area contributed by atoms with E-state index in [0.29, 0.717) is 17.6 Å². The zero-order valence-corrected chi connectivity index (χ0v) is 26.3. The third-order valence-electron chi connectivity index (χ3n) is 9.27.